The third kappa shape index (κ3) is 5.08. The molecule has 3 rings (SSSR count). The van der Waals surface area contributed by atoms with E-state index in [4.69, 9.17) is 21.1 Å². The molecule has 0 atom stereocenters. The van der Waals surface area contributed by atoms with Crippen LogP contribution >= 0.6 is 11.6 Å². The quantitative estimate of drug-likeness (QED) is 0.466. The van der Waals surface area contributed by atoms with Crippen LogP contribution in [0.3, 0.4) is 0 Å². The standard InChI is InChI=1S/C21H18ClN3O4/c1-3-28-21(27)16-12-23-19(14-7-5-4-6-8-14)25-20(16)24-17-11-15(22)9-10-18(17)29-13(2)26/h4-12H,3H2,1-2H3,(H,23,24,25). The van der Waals surface area contributed by atoms with Gasteiger partial charge in [0.15, 0.2) is 11.6 Å². The van der Waals surface area contributed by atoms with Gasteiger partial charge in [-0.05, 0) is 25.1 Å². The fourth-order valence-electron chi connectivity index (χ4n) is 2.53. The topological polar surface area (TPSA) is 90.4 Å². The minimum atomic E-state index is -0.578. The van der Waals surface area contributed by atoms with Crippen molar-refractivity contribution in [2.24, 2.45) is 0 Å². The molecule has 148 valence electrons. The van der Waals surface area contributed by atoms with Gasteiger partial charge in [-0.15, -0.1) is 0 Å². The lowest BCUT2D eigenvalue weighted by atomic mass is 10.2. The Bertz CT molecular complexity index is 1040. The summed E-state index contributed by atoms with van der Waals surface area (Å²) < 4.78 is 10.3. The second kappa shape index (κ2) is 9.16. The van der Waals surface area contributed by atoms with Gasteiger partial charge in [0, 0.05) is 23.7 Å². The molecule has 29 heavy (non-hydrogen) atoms. The van der Waals surface area contributed by atoms with Crippen molar-refractivity contribution < 1.29 is 19.1 Å². The first kappa shape index (κ1) is 20.3. The van der Waals surface area contributed by atoms with Gasteiger partial charge in [-0.1, -0.05) is 41.9 Å². The third-order valence-corrected chi connectivity index (χ3v) is 4.00. The minimum Gasteiger partial charge on any atom is -0.462 e. The van der Waals surface area contributed by atoms with Gasteiger partial charge in [-0.25, -0.2) is 14.8 Å². The fraction of sp³-hybridized carbons (Fsp3) is 0.143. The number of hydrogen-bond acceptors (Lipinski definition) is 7. The Balaban J connectivity index is 2.07. The van der Waals surface area contributed by atoms with Crippen LogP contribution in [0, 0.1) is 0 Å². The van der Waals surface area contributed by atoms with Gasteiger partial charge in [-0.2, -0.15) is 0 Å². The Morgan fingerprint density at radius 2 is 1.90 bits per heavy atom. The number of halogens is 1. The fourth-order valence-corrected chi connectivity index (χ4v) is 2.71. The van der Waals surface area contributed by atoms with Crippen LogP contribution in [-0.2, 0) is 9.53 Å². The summed E-state index contributed by atoms with van der Waals surface area (Å²) in [6.45, 7) is 3.20. The van der Waals surface area contributed by atoms with E-state index in [-0.39, 0.29) is 23.7 Å². The molecule has 0 aliphatic heterocycles. The molecular formula is C21H18ClN3O4. The number of carbonyl (C=O) groups is 2. The normalized spacial score (nSPS) is 10.3. The van der Waals surface area contributed by atoms with E-state index in [0.717, 1.165) is 5.56 Å². The van der Waals surface area contributed by atoms with Gasteiger partial charge < -0.3 is 14.8 Å². The molecule has 1 N–H and O–H groups in total. The zero-order valence-electron chi connectivity index (χ0n) is 15.8. The first-order chi connectivity index (χ1) is 14.0. The van der Waals surface area contributed by atoms with Gasteiger partial charge in [0.1, 0.15) is 11.4 Å². The van der Waals surface area contributed by atoms with Crippen molar-refractivity contribution in [3.8, 4) is 17.1 Å². The van der Waals surface area contributed by atoms with E-state index in [2.05, 4.69) is 15.3 Å². The lowest BCUT2D eigenvalue weighted by Gasteiger charge is -2.14. The second-order valence-electron chi connectivity index (χ2n) is 5.90. The van der Waals surface area contributed by atoms with E-state index in [1.807, 2.05) is 30.3 Å². The monoisotopic (exact) mass is 411 g/mol. The number of nitrogens with one attached hydrogen (secondary N) is 1. The number of nitrogens with zero attached hydrogens (tertiary/aromatic N) is 2. The summed E-state index contributed by atoms with van der Waals surface area (Å²) in [5, 5.41) is 3.44. The van der Waals surface area contributed by atoms with Gasteiger partial charge in [-0.3, -0.25) is 4.79 Å². The van der Waals surface area contributed by atoms with Crippen molar-refractivity contribution in [2.45, 2.75) is 13.8 Å². The smallest absolute Gasteiger partial charge is 0.343 e. The van der Waals surface area contributed by atoms with E-state index in [1.54, 1.807) is 25.1 Å². The van der Waals surface area contributed by atoms with Crippen LogP contribution in [0.1, 0.15) is 24.2 Å². The lowest BCUT2D eigenvalue weighted by molar-refractivity contribution is -0.131. The molecule has 0 aliphatic carbocycles. The summed E-state index contributed by atoms with van der Waals surface area (Å²) in [7, 11) is 0. The molecule has 0 radical (unpaired) electrons. The summed E-state index contributed by atoms with van der Waals surface area (Å²) in [6, 6.07) is 14.0. The van der Waals surface area contributed by atoms with Crippen LogP contribution < -0.4 is 10.1 Å². The van der Waals surface area contributed by atoms with Crippen LogP contribution in [-0.4, -0.2) is 28.5 Å². The predicted octanol–water partition coefficient (Wildman–Crippen LogP) is 4.64. The molecule has 7 nitrogen and oxygen atoms in total. The highest BCUT2D eigenvalue weighted by atomic mass is 35.5. The number of benzene rings is 2. The highest BCUT2D eigenvalue weighted by molar-refractivity contribution is 6.31. The Hall–Kier alpha value is -3.45. The molecule has 0 unspecified atom stereocenters. The van der Waals surface area contributed by atoms with Crippen LogP contribution in [0.15, 0.2) is 54.7 Å². The lowest BCUT2D eigenvalue weighted by Crippen LogP contribution is -2.12. The second-order valence-corrected chi connectivity index (χ2v) is 6.34. The molecule has 3 aromatic rings. The number of ether oxygens (including phenoxy) is 2. The average molecular weight is 412 g/mol. The van der Waals surface area contributed by atoms with Crippen molar-refractivity contribution in [3.63, 3.8) is 0 Å². The number of rotatable bonds is 6. The van der Waals surface area contributed by atoms with Crippen LogP contribution in [0.4, 0.5) is 11.5 Å². The Morgan fingerprint density at radius 1 is 1.14 bits per heavy atom. The zero-order valence-corrected chi connectivity index (χ0v) is 16.6. The van der Waals surface area contributed by atoms with Crippen molar-refractivity contribution in [1.82, 2.24) is 9.97 Å². The molecule has 0 aliphatic rings. The van der Waals surface area contributed by atoms with E-state index < -0.39 is 11.9 Å². The molecule has 1 aromatic heterocycles. The number of carbonyl (C=O) groups excluding carboxylic acids is 2. The molecular weight excluding hydrogens is 394 g/mol. The minimum absolute atomic E-state index is 0.139. The van der Waals surface area contributed by atoms with Crippen molar-refractivity contribution in [1.29, 1.82) is 0 Å². The summed E-state index contributed by atoms with van der Waals surface area (Å²) in [6.07, 6.45) is 1.39. The molecule has 0 fully saturated rings. The summed E-state index contributed by atoms with van der Waals surface area (Å²) in [4.78, 5) is 32.6. The molecule has 0 saturated carbocycles. The van der Waals surface area contributed by atoms with E-state index in [9.17, 15) is 9.59 Å². The van der Waals surface area contributed by atoms with Gasteiger partial charge in [0.05, 0.1) is 12.3 Å². The molecule has 0 spiro atoms. The Kier molecular flexibility index (Phi) is 6.41. The number of esters is 2. The molecule has 0 amide bonds. The predicted molar refractivity (Wildman–Crippen MR) is 109 cm³/mol. The summed E-state index contributed by atoms with van der Waals surface area (Å²) in [5.74, 6) is -0.207. The van der Waals surface area contributed by atoms with Crippen LogP contribution in [0.5, 0.6) is 5.75 Å². The van der Waals surface area contributed by atoms with E-state index in [0.29, 0.717) is 16.5 Å². The number of hydrogen-bond donors (Lipinski definition) is 1. The molecule has 0 saturated heterocycles. The average Bonchev–Trinajstić information content (AvgIpc) is 2.70. The number of anilines is 2. The Labute approximate surface area is 172 Å². The van der Waals surface area contributed by atoms with Crippen LogP contribution in [0.2, 0.25) is 5.02 Å². The maximum atomic E-state index is 12.4. The van der Waals surface area contributed by atoms with Crippen molar-refractivity contribution in [3.05, 3.63) is 65.3 Å². The van der Waals surface area contributed by atoms with Gasteiger partial charge in [0.2, 0.25) is 0 Å². The molecule has 8 heteroatoms. The maximum absolute atomic E-state index is 12.4. The van der Waals surface area contributed by atoms with Crippen molar-refractivity contribution >= 4 is 35.0 Å². The zero-order chi connectivity index (χ0) is 20.8. The molecule has 0 bridgehead atoms. The van der Waals surface area contributed by atoms with Gasteiger partial charge in [0.25, 0.3) is 0 Å². The third-order valence-electron chi connectivity index (χ3n) is 3.76. The van der Waals surface area contributed by atoms with Gasteiger partial charge >= 0.3 is 11.9 Å². The Morgan fingerprint density at radius 3 is 2.59 bits per heavy atom. The van der Waals surface area contributed by atoms with Crippen LogP contribution in [0.25, 0.3) is 11.4 Å². The highest BCUT2D eigenvalue weighted by Gasteiger charge is 2.19. The highest BCUT2D eigenvalue weighted by Crippen LogP contribution is 2.32. The largest absolute Gasteiger partial charge is 0.462 e. The molecule has 1 heterocycles. The summed E-state index contributed by atoms with van der Waals surface area (Å²) >= 11 is 6.09. The molecule has 2 aromatic carbocycles. The maximum Gasteiger partial charge on any atom is 0.343 e. The summed E-state index contributed by atoms with van der Waals surface area (Å²) in [5.41, 5.74) is 1.29. The van der Waals surface area contributed by atoms with E-state index >= 15 is 0 Å². The first-order valence-corrected chi connectivity index (χ1v) is 9.20. The first-order valence-electron chi connectivity index (χ1n) is 8.82. The van der Waals surface area contributed by atoms with Crippen molar-refractivity contribution in [2.75, 3.05) is 11.9 Å². The van der Waals surface area contributed by atoms with E-state index in [1.165, 1.54) is 13.1 Å². The number of aromatic nitrogens is 2. The SMILES string of the molecule is CCOC(=O)c1cnc(-c2ccccc2)nc1Nc1cc(Cl)ccc1OC(C)=O.